The number of nitrogens with one attached hydrogen (secondary N) is 1. The van der Waals surface area contributed by atoms with Crippen molar-refractivity contribution in [3.63, 3.8) is 0 Å². The van der Waals surface area contributed by atoms with Crippen molar-refractivity contribution in [2.75, 3.05) is 18.5 Å². The van der Waals surface area contributed by atoms with Crippen molar-refractivity contribution < 1.29 is 41.3 Å². The van der Waals surface area contributed by atoms with E-state index in [1.807, 2.05) is 0 Å². The van der Waals surface area contributed by atoms with Crippen LogP contribution in [0.25, 0.3) is 0 Å². The lowest BCUT2D eigenvalue weighted by Crippen LogP contribution is -2.23. The molecule has 0 spiro atoms. The van der Waals surface area contributed by atoms with Crippen LogP contribution in [0.3, 0.4) is 0 Å². The van der Waals surface area contributed by atoms with E-state index in [4.69, 9.17) is 9.84 Å². The Labute approximate surface area is 150 Å². The van der Waals surface area contributed by atoms with Crippen molar-refractivity contribution in [2.24, 2.45) is 0 Å². The lowest BCUT2D eigenvalue weighted by atomic mass is 10.1. The molecule has 1 unspecified atom stereocenters. The molecule has 0 heterocycles. The highest BCUT2D eigenvalue weighted by atomic mass is 19.4. The second-order valence-corrected chi connectivity index (χ2v) is 5.68. The third-order valence-corrected chi connectivity index (χ3v) is 3.54. The number of aryl methyl sites for hydroxylation is 1. The molecule has 0 aliphatic carbocycles. The smallest absolute Gasteiger partial charge is 0.416 e. The Balaban J connectivity index is 2.34. The van der Waals surface area contributed by atoms with E-state index < -0.39 is 47.7 Å². The first kappa shape index (κ1) is 20.8. The van der Waals surface area contributed by atoms with Crippen molar-refractivity contribution in [1.82, 2.24) is 0 Å². The van der Waals surface area contributed by atoms with Gasteiger partial charge in [-0.3, -0.25) is 0 Å². The summed E-state index contributed by atoms with van der Waals surface area (Å²) in [6.07, 6.45) is -6.11. The monoisotopic (exact) mass is 395 g/mol. The fourth-order valence-corrected chi connectivity index (χ4v) is 2.12. The van der Waals surface area contributed by atoms with E-state index in [1.165, 1.54) is 6.92 Å². The zero-order valence-corrected chi connectivity index (χ0v) is 13.9. The van der Waals surface area contributed by atoms with Crippen LogP contribution in [0.5, 0.6) is 11.5 Å². The number of aliphatic hydroxyl groups excluding tert-OH is 2. The molecule has 0 radical (unpaired) electrons. The SMILES string of the molecule is Cc1cc(F)c(NCC(O)CO)cc1Oc1c(F)cc(C(F)(F)F)cc1F. The second kappa shape index (κ2) is 8.05. The van der Waals surface area contributed by atoms with Crippen molar-refractivity contribution >= 4 is 5.69 Å². The fourth-order valence-electron chi connectivity index (χ4n) is 2.12. The van der Waals surface area contributed by atoms with E-state index in [1.54, 1.807) is 0 Å². The van der Waals surface area contributed by atoms with E-state index in [0.29, 0.717) is 0 Å². The second-order valence-electron chi connectivity index (χ2n) is 5.68. The number of hydrogen-bond donors (Lipinski definition) is 3. The van der Waals surface area contributed by atoms with Gasteiger partial charge in [0.1, 0.15) is 11.6 Å². The van der Waals surface area contributed by atoms with E-state index in [0.717, 1.165) is 12.1 Å². The van der Waals surface area contributed by atoms with Gasteiger partial charge in [0.15, 0.2) is 17.4 Å². The predicted octanol–water partition coefficient (Wildman–Crippen LogP) is 3.99. The van der Waals surface area contributed by atoms with Crippen molar-refractivity contribution in [2.45, 2.75) is 19.2 Å². The van der Waals surface area contributed by atoms with Crippen LogP contribution in [0.2, 0.25) is 0 Å². The Morgan fingerprint density at radius 2 is 1.63 bits per heavy atom. The minimum atomic E-state index is -4.93. The molecular weight excluding hydrogens is 380 g/mol. The standard InChI is InChI=1S/C17H15F6NO3/c1-8-2-11(18)14(24-6-10(26)7-25)5-15(8)27-16-12(19)3-9(4-13(16)20)17(21,22)23/h2-5,10,24-26H,6-7H2,1H3. The van der Waals surface area contributed by atoms with Crippen LogP contribution < -0.4 is 10.1 Å². The number of anilines is 1. The van der Waals surface area contributed by atoms with Gasteiger partial charge in [-0.05, 0) is 30.7 Å². The average Bonchev–Trinajstić information content (AvgIpc) is 2.57. The highest BCUT2D eigenvalue weighted by Crippen LogP contribution is 2.37. The summed E-state index contributed by atoms with van der Waals surface area (Å²) in [5.41, 5.74) is -1.59. The normalized spacial score (nSPS) is 12.8. The molecule has 4 nitrogen and oxygen atoms in total. The summed E-state index contributed by atoms with van der Waals surface area (Å²) in [7, 11) is 0. The van der Waals surface area contributed by atoms with E-state index in [9.17, 15) is 31.4 Å². The van der Waals surface area contributed by atoms with Gasteiger partial charge in [-0.1, -0.05) is 0 Å². The maximum Gasteiger partial charge on any atom is 0.416 e. The van der Waals surface area contributed by atoms with Crippen LogP contribution in [0.1, 0.15) is 11.1 Å². The summed E-state index contributed by atoms with van der Waals surface area (Å²) < 4.78 is 84.6. The molecule has 2 aromatic carbocycles. The van der Waals surface area contributed by atoms with E-state index in [-0.39, 0.29) is 35.7 Å². The lowest BCUT2D eigenvalue weighted by molar-refractivity contribution is -0.138. The fraction of sp³-hybridized carbons (Fsp3) is 0.294. The molecule has 0 aromatic heterocycles. The highest BCUT2D eigenvalue weighted by molar-refractivity contribution is 5.54. The van der Waals surface area contributed by atoms with Gasteiger partial charge in [0.2, 0.25) is 0 Å². The Hall–Kier alpha value is -2.46. The number of alkyl halides is 3. The van der Waals surface area contributed by atoms with Gasteiger partial charge in [-0.2, -0.15) is 13.2 Å². The molecule has 0 aliphatic rings. The molecule has 2 rings (SSSR count). The van der Waals surface area contributed by atoms with Gasteiger partial charge in [0.05, 0.1) is 24.0 Å². The van der Waals surface area contributed by atoms with E-state index in [2.05, 4.69) is 5.32 Å². The minimum absolute atomic E-state index is 0.0913. The average molecular weight is 395 g/mol. The topological polar surface area (TPSA) is 61.7 Å². The molecule has 0 bridgehead atoms. The number of benzene rings is 2. The molecule has 2 aromatic rings. The lowest BCUT2D eigenvalue weighted by Gasteiger charge is -2.16. The molecular formula is C17H15F6NO3. The number of halogens is 6. The first-order valence-corrected chi connectivity index (χ1v) is 7.60. The van der Waals surface area contributed by atoms with Gasteiger partial charge < -0.3 is 20.3 Å². The molecule has 10 heteroatoms. The van der Waals surface area contributed by atoms with Gasteiger partial charge in [0, 0.05) is 12.6 Å². The summed E-state index contributed by atoms with van der Waals surface area (Å²) in [6, 6.07) is 2.19. The van der Waals surface area contributed by atoms with Gasteiger partial charge in [-0.15, -0.1) is 0 Å². The van der Waals surface area contributed by atoms with Crippen LogP contribution in [0.4, 0.5) is 32.0 Å². The third-order valence-electron chi connectivity index (χ3n) is 3.54. The molecule has 0 aliphatic heterocycles. The molecule has 0 amide bonds. The quantitative estimate of drug-likeness (QED) is 0.648. The maximum atomic E-state index is 13.9. The summed E-state index contributed by atoms with van der Waals surface area (Å²) in [6.45, 7) is 0.565. The summed E-state index contributed by atoms with van der Waals surface area (Å²) >= 11 is 0. The highest BCUT2D eigenvalue weighted by Gasteiger charge is 2.33. The first-order valence-electron chi connectivity index (χ1n) is 7.60. The van der Waals surface area contributed by atoms with E-state index >= 15 is 0 Å². The van der Waals surface area contributed by atoms with Gasteiger partial charge >= 0.3 is 6.18 Å². The molecule has 1 atom stereocenters. The summed E-state index contributed by atoms with van der Waals surface area (Å²) in [4.78, 5) is 0. The van der Waals surface area contributed by atoms with Crippen LogP contribution in [-0.2, 0) is 6.18 Å². The zero-order valence-electron chi connectivity index (χ0n) is 13.9. The first-order chi connectivity index (χ1) is 12.5. The number of ether oxygens (including phenoxy) is 1. The maximum absolute atomic E-state index is 13.9. The largest absolute Gasteiger partial charge is 0.451 e. The molecule has 0 fully saturated rings. The van der Waals surface area contributed by atoms with Gasteiger partial charge in [-0.25, -0.2) is 13.2 Å². The van der Waals surface area contributed by atoms with Crippen molar-refractivity contribution in [3.05, 3.63) is 52.8 Å². The summed E-state index contributed by atoms with van der Waals surface area (Å²) in [5, 5.41) is 20.5. The third kappa shape index (κ3) is 5.04. The molecule has 148 valence electrons. The Bertz CT molecular complexity index is 802. The summed E-state index contributed by atoms with van der Waals surface area (Å²) in [5.74, 6) is -5.19. The zero-order chi connectivity index (χ0) is 20.4. The van der Waals surface area contributed by atoms with Crippen LogP contribution in [0.15, 0.2) is 24.3 Å². The minimum Gasteiger partial charge on any atom is -0.451 e. The van der Waals surface area contributed by atoms with Crippen molar-refractivity contribution in [1.29, 1.82) is 0 Å². The number of hydrogen-bond acceptors (Lipinski definition) is 4. The number of aliphatic hydroxyl groups is 2. The Kier molecular flexibility index (Phi) is 6.22. The predicted molar refractivity (Wildman–Crippen MR) is 84.2 cm³/mol. The van der Waals surface area contributed by atoms with Crippen LogP contribution in [-0.4, -0.2) is 29.5 Å². The van der Waals surface area contributed by atoms with Crippen molar-refractivity contribution in [3.8, 4) is 11.5 Å². The number of rotatable bonds is 6. The molecule has 0 saturated heterocycles. The molecule has 27 heavy (non-hydrogen) atoms. The van der Waals surface area contributed by atoms with Crippen LogP contribution >= 0.6 is 0 Å². The molecule has 0 saturated carbocycles. The Morgan fingerprint density at radius 3 is 2.15 bits per heavy atom. The van der Waals surface area contributed by atoms with Gasteiger partial charge in [0.25, 0.3) is 0 Å². The van der Waals surface area contributed by atoms with Crippen LogP contribution in [0, 0.1) is 24.4 Å². The molecule has 3 N–H and O–H groups in total. The Morgan fingerprint density at radius 1 is 1.04 bits per heavy atom.